The van der Waals surface area contributed by atoms with Crippen LogP contribution in [-0.4, -0.2) is 16.9 Å². The molecule has 0 aliphatic rings. The molecule has 1 N–H and O–H groups in total. The predicted molar refractivity (Wildman–Crippen MR) is 155 cm³/mol. The number of hydrogen-bond donors (Lipinski definition) is 1. The first-order valence-electron chi connectivity index (χ1n) is 13.6. The van der Waals surface area contributed by atoms with Gasteiger partial charge in [-0.2, -0.15) is 0 Å². The molecule has 0 radical (unpaired) electrons. The number of carbonyl (C=O) groups is 2. The third-order valence-corrected chi connectivity index (χ3v) is 8.57. The topological polar surface area (TPSA) is 54.4 Å². The van der Waals surface area contributed by atoms with E-state index in [0.29, 0.717) is 6.42 Å². The minimum absolute atomic E-state index is 0.0619. The lowest BCUT2D eigenvalue weighted by Gasteiger charge is -2.31. The molecule has 198 valence electrons. The van der Waals surface area contributed by atoms with Gasteiger partial charge in [0.1, 0.15) is 0 Å². The number of aryl methyl sites for hydroxylation is 5. The summed E-state index contributed by atoms with van der Waals surface area (Å²) >= 11 is 1.57. The third-order valence-electron chi connectivity index (χ3n) is 7.38. The van der Waals surface area contributed by atoms with E-state index in [1.54, 1.807) is 11.3 Å². The number of unbranched alkanes of at least 4 members (excludes halogenated alkanes) is 2. The predicted octanol–water partition coefficient (Wildman–Crippen LogP) is 8.64. The lowest BCUT2D eigenvalue weighted by molar-refractivity contribution is -0.146. The van der Waals surface area contributed by atoms with E-state index in [1.165, 1.54) is 27.1 Å². The van der Waals surface area contributed by atoms with Crippen molar-refractivity contribution in [1.82, 2.24) is 0 Å². The minimum Gasteiger partial charge on any atom is -0.481 e. The highest BCUT2D eigenvalue weighted by Crippen LogP contribution is 2.37. The third kappa shape index (κ3) is 9.27. The van der Waals surface area contributed by atoms with Crippen molar-refractivity contribution in [2.75, 3.05) is 0 Å². The Morgan fingerprint density at radius 1 is 0.757 bits per heavy atom. The lowest BCUT2D eigenvalue weighted by atomic mass is 9.72. The Balaban J connectivity index is 1.45. The molecule has 3 aromatic rings. The minimum atomic E-state index is -0.798. The first kappa shape index (κ1) is 28.8. The van der Waals surface area contributed by atoms with Crippen LogP contribution in [0.3, 0.4) is 0 Å². The molecule has 0 aliphatic heterocycles. The van der Waals surface area contributed by atoms with E-state index in [2.05, 4.69) is 68.4 Å². The Morgan fingerprint density at radius 2 is 1.27 bits per heavy atom. The van der Waals surface area contributed by atoms with Crippen LogP contribution in [0.5, 0.6) is 0 Å². The van der Waals surface area contributed by atoms with Gasteiger partial charge in [0.15, 0.2) is 5.78 Å². The molecule has 0 fully saturated rings. The van der Waals surface area contributed by atoms with Crippen LogP contribution < -0.4 is 0 Å². The first-order chi connectivity index (χ1) is 17.6. The highest BCUT2D eigenvalue weighted by Gasteiger charge is 2.36. The molecular weight excluding hydrogens is 476 g/mol. The van der Waals surface area contributed by atoms with Crippen molar-refractivity contribution in [3.8, 4) is 0 Å². The number of carbonyl (C=O) groups excluding carboxylic acids is 1. The highest BCUT2D eigenvalue weighted by molar-refractivity contribution is 7.14. The largest absolute Gasteiger partial charge is 0.481 e. The maximum Gasteiger partial charge on any atom is 0.307 e. The molecule has 0 spiro atoms. The van der Waals surface area contributed by atoms with E-state index >= 15 is 0 Å². The second-order valence-corrected chi connectivity index (χ2v) is 12.3. The van der Waals surface area contributed by atoms with Crippen LogP contribution in [-0.2, 0) is 24.1 Å². The Labute approximate surface area is 227 Å². The summed E-state index contributed by atoms with van der Waals surface area (Å²) in [5.74, 6) is -1.27. The van der Waals surface area contributed by atoms with Gasteiger partial charge in [0.05, 0.1) is 10.8 Å². The molecule has 0 saturated carbocycles. The summed E-state index contributed by atoms with van der Waals surface area (Å²) in [5.41, 5.74) is 4.60. The van der Waals surface area contributed by atoms with Gasteiger partial charge in [-0.3, -0.25) is 9.59 Å². The molecule has 1 aromatic heterocycles. The van der Waals surface area contributed by atoms with Crippen molar-refractivity contribution in [2.24, 2.45) is 11.3 Å². The highest BCUT2D eigenvalue weighted by atomic mass is 32.1. The first-order valence-corrected chi connectivity index (χ1v) is 14.4. The average molecular weight is 519 g/mol. The van der Waals surface area contributed by atoms with E-state index in [-0.39, 0.29) is 12.2 Å². The number of aliphatic carboxylic acids is 1. The zero-order valence-corrected chi connectivity index (χ0v) is 23.7. The Kier molecular flexibility index (Phi) is 10.7. The Morgan fingerprint density at radius 3 is 1.81 bits per heavy atom. The van der Waals surface area contributed by atoms with E-state index < -0.39 is 17.3 Å². The van der Waals surface area contributed by atoms with Gasteiger partial charge in [-0.15, -0.1) is 11.3 Å². The summed E-state index contributed by atoms with van der Waals surface area (Å²) in [6, 6.07) is 21.2. The van der Waals surface area contributed by atoms with Gasteiger partial charge < -0.3 is 5.11 Å². The number of carboxylic acids is 1. The summed E-state index contributed by atoms with van der Waals surface area (Å²) < 4.78 is 0. The smallest absolute Gasteiger partial charge is 0.307 e. The number of carboxylic acid groups (broad SMARTS) is 1. The van der Waals surface area contributed by atoms with Gasteiger partial charge in [0.2, 0.25) is 0 Å². The van der Waals surface area contributed by atoms with Gasteiger partial charge in [-0.1, -0.05) is 79.9 Å². The van der Waals surface area contributed by atoms with Crippen LogP contribution in [0, 0.1) is 25.2 Å². The monoisotopic (exact) mass is 518 g/mol. The maximum atomic E-state index is 13.1. The van der Waals surface area contributed by atoms with Crippen molar-refractivity contribution < 1.29 is 14.7 Å². The Bertz CT molecular complexity index is 1140. The van der Waals surface area contributed by atoms with Gasteiger partial charge in [-0.05, 0) is 87.5 Å². The van der Waals surface area contributed by atoms with Crippen molar-refractivity contribution in [3.63, 3.8) is 0 Å². The zero-order chi connectivity index (χ0) is 26.8. The van der Waals surface area contributed by atoms with E-state index in [1.807, 2.05) is 19.9 Å². The standard InChI is InChI=1S/C33H42O3S/c1-24-13-17-26(18-14-24)9-5-7-11-28-21-22-31(37-28)30(34)23-33(3,4)29(32(35)36)12-8-6-10-27-19-15-25(2)16-20-27/h13-22,29H,5-12,23H2,1-4H3,(H,35,36). The number of benzene rings is 2. The molecule has 2 aromatic carbocycles. The number of rotatable bonds is 15. The molecule has 3 nitrogen and oxygen atoms in total. The van der Waals surface area contributed by atoms with Crippen molar-refractivity contribution in [2.45, 2.75) is 85.5 Å². The molecule has 37 heavy (non-hydrogen) atoms. The quantitative estimate of drug-likeness (QED) is 0.162. The molecule has 0 saturated heterocycles. The number of ketones is 1. The molecule has 1 atom stereocenters. The number of Topliss-reactive ketones (excluding diaryl/α,β-unsaturated/α-hetero) is 1. The fourth-order valence-electron chi connectivity index (χ4n) is 4.95. The summed E-state index contributed by atoms with van der Waals surface area (Å²) in [7, 11) is 0. The molecular formula is C33H42O3S. The molecule has 3 rings (SSSR count). The number of hydrogen-bond acceptors (Lipinski definition) is 3. The molecule has 1 unspecified atom stereocenters. The molecule has 0 amide bonds. The molecule has 0 aliphatic carbocycles. The van der Waals surface area contributed by atoms with Gasteiger partial charge in [-0.25, -0.2) is 0 Å². The Hall–Kier alpha value is -2.72. The summed E-state index contributed by atoms with van der Waals surface area (Å²) in [6.07, 6.45) is 7.88. The van der Waals surface area contributed by atoms with Crippen LogP contribution >= 0.6 is 11.3 Å². The van der Waals surface area contributed by atoms with Gasteiger partial charge >= 0.3 is 5.97 Å². The lowest BCUT2D eigenvalue weighted by Crippen LogP contribution is -2.33. The summed E-state index contributed by atoms with van der Waals surface area (Å²) in [6.45, 7) is 8.05. The van der Waals surface area contributed by atoms with Crippen molar-refractivity contribution in [3.05, 3.63) is 92.7 Å². The van der Waals surface area contributed by atoms with Crippen molar-refractivity contribution >= 4 is 23.1 Å². The van der Waals surface area contributed by atoms with Gasteiger partial charge in [0, 0.05) is 11.3 Å². The fourth-order valence-corrected chi connectivity index (χ4v) is 5.94. The molecule has 0 bridgehead atoms. The van der Waals surface area contributed by atoms with E-state index in [4.69, 9.17) is 0 Å². The second kappa shape index (κ2) is 13.7. The van der Waals surface area contributed by atoms with Crippen LogP contribution in [0.1, 0.15) is 89.2 Å². The summed E-state index contributed by atoms with van der Waals surface area (Å²) in [4.78, 5) is 27.2. The van der Waals surface area contributed by atoms with Crippen molar-refractivity contribution in [1.29, 1.82) is 0 Å². The normalized spacial score (nSPS) is 12.4. The van der Waals surface area contributed by atoms with Crippen LogP contribution in [0.4, 0.5) is 0 Å². The molecule has 4 heteroatoms. The summed E-state index contributed by atoms with van der Waals surface area (Å²) in [5, 5.41) is 9.95. The molecule has 1 heterocycles. The number of thiophene rings is 1. The van der Waals surface area contributed by atoms with E-state index in [0.717, 1.165) is 49.8 Å². The van der Waals surface area contributed by atoms with Crippen LogP contribution in [0.2, 0.25) is 0 Å². The van der Waals surface area contributed by atoms with Gasteiger partial charge in [0.25, 0.3) is 0 Å². The van der Waals surface area contributed by atoms with Crippen LogP contribution in [0.15, 0.2) is 60.7 Å². The SMILES string of the molecule is Cc1ccc(CCCCc2ccc(C(=O)CC(C)(C)C(CCCCc3ccc(C)cc3)C(=O)O)s2)cc1. The zero-order valence-electron chi connectivity index (χ0n) is 22.9. The van der Waals surface area contributed by atoms with Crippen LogP contribution in [0.25, 0.3) is 0 Å². The fraction of sp³-hybridized carbons (Fsp3) is 0.455. The maximum absolute atomic E-state index is 13.1. The second-order valence-electron chi connectivity index (χ2n) is 11.2. The van der Waals surface area contributed by atoms with E-state index in [9.17, 15) is 14.7 Å². The average Bonchev–Trinajstić information content (AvgIpc) is 3.32.